The zero-order chi connectivity index (χ0) is 18.4. The summed E-state index contributed by atoms with van der Waals surface area (Å²) in [5.74, 6) is 0. The molecule has 0 amide bonds. The summed E-state index contributed by atoms with van der Waals surface area (Å²) in [6.07, 6.45) is 31.2. The van der Waals surface area contributed by atoms with Gasteiger partial charge in [0.05, 0.1) is 0 Å². The predicted molar refractivity (Wildman–Crippen MR) is 141 cm³/mol. The summed E-state index contributed by atoms with van der Waals surface area (Å²) in [5, 5.41) is 0. The van der Waals surface area contributed by atoms with E-state index in [1.54, 1.807) is 18.5 Å². The Morgan fingerprint density at radius 1 is 0.370 bits per heavy atom. The third-order valence-electron chi connectivity index (χ3n) is 5.48. The van der Waals surface area contributed by atoms with Crippen molar-refractivity contribution in [2.75, 3.05) is 18.5 Å². The number of rotatable bonds is 21. The van der Waals surface area contributed by atoms with Gasteiger partial charge in [-0.2, -0.15) is 9.90 Å². The van der Waals surface area contributed by atoms with E-state index in [1.807, 2.05) is 0 Å². The van der Waals surface area contributed by atoms with E-state index in [2.05, 4.69) is 20.8 Å². The molecule has 0 heterocycles. The van der Waals surface area contributed by atoms with Crippen LogP contribution in [0.5, 0.6) is 0 Å². The maximum absolute atomic E-state index is 2.32. The molecule has 168 valence electrons. The Morgan fingerprint density at radius 2 is 0.593 bits per heavy atom. The molecular formula is C24H56P2Te. The van der Waals surface area contributed by atoms with Crippen LogP contribution in [0.25, 0.3) is 0 Å². The molecule has 0 fully saturated rings. The van der Waals surface area contributed by atoms with E-state index in [4.69, 9.17) is 0 Å². The normalized spacial score (nSPS) is 10.7. The van der Waals surface area contributed by atoms with E-state index in [-0.39, 0.29) is 33.6 Å². The molecule has 0 aromatic heterocycles. The Labute approximate surface area is 195 Å². The Hall–Kier alpha value is 1.65. The zero-order valence-corrected chi connectivity index (χ0v) is 24.7. The average Bonchev–Trinajstić information content (AvgIpc) is 2.63. The Balaban J connectivity index is -0.00000288. The summed E-state index contributed by atoms with van der Waals surface area (Å²) < 4.78 is 0. The molecule has 0 aliphatic rings. The van der Waals surface area contributed by atoms with E-state index < -0.39 is 0 Å². The van der Waals surface area contributed by atoms with Gasteiger partial charge >= 0.3 is 23.7 Å². The molecular weight excluding hydrogens is 478 g/mol. The summed E-state index contributed by atoms with van der Waals surface area (Å²) in [6.45, 7) is 6.96. The fraction of sp³-hybridized carbons (Fsp3) is 1.00. The molecule has 0 aromatic rings. The Morgan fingerprint density at radius 3 is 0.852 bits per heavy atom. The molecule has 0 aromatic carbocycles. The van der Waals surface area contributed by atoms with Crippen LogP contribution in [0.3, 0.4) is 0 Å². The first kappa shape index (κ1) is 33.3. The Kier molecular flexibility index (Phi) is 36.8. The fourth-order valence-electron chi connectivity index (χ4n) is 3.68. The SMILES string of the molecule is CCCCCCCCP(CCCCCCCC)CCCCCCCC.P.[TeH2]. The van der Waals surface area contributed by atoms with Gasteiger partial charge < -0.3 is 0 Å². The fourth-order valence-corrected chi connectivity index (χ4v) is 6.37. The van der Waals surface area contributed by atoms with Crippen LogP contribution in [-0.4, -0.2) is 42.2 Å². The molecule has 0 saturated heterocycles. The number of hydrogen-bond donors (Lipinski definition) is 0. The minimum absolute atomic E-state index is 0. The molecule has 0 bridgehead atoms. The van der Waals surface area contributed by atoms with Crippen molar-refractivity contribution in [2.45, 2.75) is 136 Å². The van der Waals surface area contributed by atoms with Crippen molar-refractivity contribution in [2.24, 2.45) is 0 Å². The second kappa shape index (κ2) is 29.8. The quantitative estimate of drug-likeness (QED) is 0.0786. The van der Waals surface area contributed by atoms with Crippen molar-refractivity contribution in [1.29, 1.82) is 0 Å². The van der Waals surface area contributed by atoms with Crippen molar-refractivity contribution in [3.8, 4) is 0 Å². The zero-order valence-electron chi connectivity index (χ0n) is 19.5. The van der Waals surface area contributed by atoms with Crippen LogP contribution in [0, 0.1) is 0 Å². The van der Waals surface area contributed by atoms with Gasteiger partial charge in [-0.15, -0.1) is 7.92 Å². The Bertz CT molecular complexity index is 198. The number of unbranched alkanes of at least 4 members (excludes halogenated alkanes) is 15. The van der Waals surface area contributed by atoms with Crippen molar-refractivity contribution < 1.29 is 0 Å². The van der Waals surface area contributed by atoms with Crippen LogP contribution >= 0.6 is 17.8 Å². The van der Waals surface area contributed by atoms with Crippen LogP contribution in [0.4, 0.5) is 0 Å². The molecule has 0 rings (SSSR count). The third-order valence-corrected chi connectivity index (χ3v) is 8.33. The van der Waals surface area contributed by atoms with E-state index in [0.29, 0.717) is 7.92 Å². The van der Waals surface area contributed by atoms with Gasteiger partial charge in [0.25, 0.3) is 0 Å². The van der Waals surface area contributed by atoms with Crippen molar-refractivity contribution >= 4 is 41.5 Å². The first-order valence-electron chi connectivity index (χ1n) is 12.1. The second-order valence-electron chi connectivity index (χ2n) is 8.14. The summed E-state index contributed by atoms with van der Waals surface area (Å²) in [7, 11) is 0.366. The average molecular weight is 534 g/mol. The van der Waals surface area contributed by atoms with Gasteiger partial charge in [0.15, 0.2) is 0 Å². The topological polar surface area (TPSA) is 0 Å². The van der Waals surface area contributed by atoms with Crippen LogP contribution < -0.4 is 0 Å². The standard InChI is InChI=1S/C24H51P.H3P.H2Te/c1-4-7-10-13-16-19-22-25(23-20-17-14-11-8-5-2)24-21-18-15-12-9-6-3;;/h4-24H2,1-3H3;1H3;1H2. The van der Waals surface area contributed by atoms with Crippen molar-refractivity contribution in [3.63, 3.8) is 0 Å². The van der Waals surface area contributed by atoms with Gasteiger partial charge in [-0.25, -0.2) is 0 Å². The van der Waals surface area contributed by atoms with E-state index in [1.165, 1.54) is 116 Å². The monoisotopic (exact) mass is 536 g/mol. The molecule has 0 radical (unpaired) electrons. The summed E-state index contributed by atoms with van der Waals surface area (Å²) in [5.41, 5.74) is 0. The first-order valence-corrected chi connectivity index (χ1v) is 14.0. The molecule has 27 heavy (non-hydrogen) atoms. The van der Waals surface area contributed by atoms with Crippen molar-refractivity contribution in [1.82, 2.24) is 0 Å². The van der Waals surface area contributed by atoms with E-state index in [0.717, 1.165) is 0 Å². The van der Waals surface area contributed by atoms with Crippen molar-refractivity contribution in [3.05, 3.63) is 0 Å². The van der Waals surface area contributed by atoms with Crippen LogP contribution in [0.1, 0.15) is 136 Å². The van der Waals surface area contributed by atoms with Gasteiger partial charge in [-0.05, 0) is 37.7 Å². The van der Waals surface area contributed by atoms with Gasteiger partial charge in [0.1, 0.15) is 0 Å². The molecule has 0 aliphatic carbocycles. The summed E-state index contributed by atoms with van der Waals surface area (Å²) in [6, 6.07) is 0. The molecule has 3 heteroatoms. The first-order chi connectivity index (χ1) is 12.3. The van der Waals surface area contributed by atoms with Gasteiger partial charge in [-0.1, -0.05) is 117 Å². The van der Waals surface area contributed by atoms with E-state index in [9.17, 15) is 0 Å². The summed E-state index contributed by atoms with van der Waals surface area (Å²) >= 11 is 0. The molecule has 0 nitrogen and oxygen atoms in total. The van der Waals surface area contributed by atoms with Crippen LogP contribution in [-0.2, 0) is 0 Å². The molecule has 0 spiro atoms. The van der Waals surface area contributed by atoms with Gasteiger partial charge in [0.2, 0.25) is 0 Å². The molecule has 0 N–H and O–H groups in total. The number of hydrogen-bond acceptors (Lipinski definition) is 0. The minimum atomic E-state index is 0. The molecule has 0 aliphatic heterocycles. The van der Waals surface area contributed by atoms with Gasteiger partial charge in [-0.3, -0.25) is 0 Å². The second-order valence-corrected chi connectivity index (χ2v) is 10.8. The molecule has 0 saturated carbocycles. The predicted octanol–water partition coefficient (Wildman–Crippen LogP) is 8.69. The van der Waals surface area contributed by atoms with Crippen LogP contribution in [0.2, 0.25) is 0 Å². The maximum atomic E-state index is 2.32. The third kappa shape index (κ3) is 27.6. The summed E-state index contributed by atoms with van der Waals surface area (Å²) in [4.78, 5) is 0. The van der Waals surface area contributed by atoms with Gasteiger partial charge in [0, 0.05) is 0 Å². The molecule has 1 unspecified atom stereocenters. The van der Waals surface area contributed by atoms with E-state index >= 15 is 0 Å². The van der Waals surface area contributed by atoms with Crippen LogP contribution in [0.15, 0.2) is 0 Å². The molecule has 1 atom stereocenters.